The van der Waals surface area contributed by atoms with Gasteiger partial charge in [0.05, 0.1) is 41.0 Å². The van der Waals surface area contributed by atoms with Crippen LogP contribution in [0.3, 0.4) is 0 Å². The molecule has 42 heavy (non-hydrogen) atoms. The highest BCUT2D eigenvalue weighted by atomic mass is 19.4. The quantitative estimate of drug-likeness (QED) is 0.236. The molecule has 3 aromatic heterocycles. The molecule has 1 saturated carbocycles. The highest BCUT2D eigenvalue weighted by Crippen LogP contribution is 2.38. The molecule has 14 heteroatoms. The van der Waals surface area contributed by atoms with Crippen LogP contribution in [-0.4, -0.2) is 60.7 Å². The van der Waals surface area contributed by atoms with E-state index in [1.807, 2.05) is 6.07 Å². The lowest BCUT2D eigenvalue weighted by Gasteiger charge is -2.41. The Morgan fingerprint density at radius 2 is 1.90 bits per heavy atom. The Morgan fingerprint density at radius 3 is 2.57 bits per heavy atom. The van der Waals surface area contributed by atoms with Crippen LogP contribution in [0.5, 0.6) is 0 Å². The number of hydrogen-bond acceptors (Lipinski definition) is 6. The number of nitrogens with zero attached hydrogens (tertiary/aromatic N) is 8. The molecule has 6 rings (SSSR count). The van der Waals surface area contributed by atoms with Crippen molar-refractivity contribution in [1.29, 1.82) is 5.26 Å². The summed E-state index contributed by atoms with van der Waals surface area (Å²) >= 11 is 0. The van der Waals surface area contributed by atoms with Gasteiger partial charge in [0, 0.05) is 30.9 Å². The second-order valence-corrected chi connectivity index (χ2v) is 10.5. The van der Waals surface area contributed by atoms with Gasteiger partial charge in [-0.15, -0.1) is 5.10 Å². The van der Waals surface area contributed by atoms with Gasteiger partial charge in [-0.25, -0.2) is 8.91 Å². The number of likely N-dealkylation sites (tertiary alicyclic amines) is 1. The van der Waals surface area contributed by atoms with E-state index < -0.39 is 34.6 Å². The Morgan fingerprint density at radius 1 is 1.17 bits per heavy atom. The topological polar surface area (TPSA) is 112 Å². The number of anilines is 1. The fourth-order valence-electron chi connectivity index (χ4n) is 5.48. The van der Waals surface area contributed by atoms with Crippen molar-refractivity contribution >= 4 is 23.9 Å². The van der Waals surface area contributed by atoms with Crippen LogP contribution in [0.1, 0.15) is 48.0 Å². The number of halogens is 4. The van der Waals surface area contributed by atoms with E-state index in [4.69, 9.17) is 0 Å². The molecule has 1 saturated heterocycles. The van der Waals surface area contributed by atoms with E-state index in [1.54, 1.807) is 33.7 Å². The van der Waals surface area contributed by atoms with Gasteiger partial charge in [0.25, 0.3) is 11.9 Å². The molecule has 2 fully saturated rings. The number of fused-ring (bicyclic) bond motifs is 1. The zero-order valence-corrected chi connectivity index (χ0v) is 22.1. The average molecular weight is 581 g/mol. The van der Waals surface area contributed by atoms with Crippen LogP contribution in [0.2, 0.25) is 0 Å². The zero-order valence-electron chi connectivity index (χ0n) is 22.1. The third-order valence-corrected chi connectivity index (χ3v) is 7.92. The summed E-state index contributed by atoms with van der Waals surface area (Å²) in [5, 5.41) is 18.7. The Balaban J connectivity index is 1.27. The van der Waals surface area contributed by atoms with Gasteiger partial charge in [0.15, 0.2) is 5.65 Å². The zero-order chi connectivity index (χ0) is 29.6. The van der Waals surface area contributed by atoms with Crippen LogP contribution in [-0.2, 0) is 16.5 Å². The maximum absolute atomic E-state index is 14.5. The van der Waals surface area contributed by atoms with E-state index in [9.17, 15) is 32.4 Å². The number of amides is 2. The summed E-state index contributed by atoms with van der Waals surface area (Å²) in [6.07, 6.45) is 1.45. The van der Waals surface area contributed by atoms with Crippen molar-refractivity contribution in [2.75, 3.05) is 18.0 Å². The number of alkyl halides is 3. The van der Waals surface area contributed by atoms with Crippen molar-refractivity contribution in [3.8, 4) is 17.3 Å². The Labute approximate surface area is 236 Å². The van der Waals surface area contributed by atoms with E-state index in [1.165, 1.54) is 9.80 Å². The highest BCUT2D eigenvalue weighted by Gasteiger charge is 2.42. The predicted molar refractivity (Wildman–Crippen MR) is 141 cm³/mol. The number of carbonyl (C=O) groups is 2. The van der Waals surface area contributed by atoms with Crippen molar-refractivity contribution in [1.82, 2.24) is 29.3 Å². The van der Waals surface area contributed by atoms with Crippen LogP contribution >= 0.6 is 0 Å². The molecular weight excluding hydrogens is 556 g/mol. The largest absolute Gasteiger partial charge is 0.417 e. The molecule has 0 bridgehead atoms. The van der Waals surface area contributed by atoms with Crippen molar-refractivity contribution in [2.24, 2.45) is 0 Å². The summed E-state index contributed by atoms with van der Waals surface area (Å²) in [6, 6.07) is 10.1. The maximum Gasteiger partial charge on any atom is 0.417 e. The molecule has 0 radical (unpaired) electrons. The normalized spacial score (nSPS) is 16.8. The molecule has 0 atom stereocenters. The van der Waals surface area contributed by atoms with Crippen LogP contribution in [0.25, 0.3) is 16.9 Å². The molecule has 2 aliphatic rings. The first kappa shape index (κ1) is 27.4. The third-order valence-electron chi connectivity index (χ3n) is 7.92. The van der Waals surface area contributed by atoms with Gasteiger partial charge >= 0.3 is 6.18 Å². The first-order valence-electron chi connectivity index (χ1n) is 13.3. The standard InChI is InChI=1S/C28H24F4N8O2/c29-21-4-1-3-20(28(30,31)32)24(21)25(42)37-13-10-27(9-12-33,11-14-37)39-16-18(15-34-39)22-5-2-6-23-35-26(36-40(22)23)38(17-41)19-7-8-19/h1-6,15-17,19H,7-11,13-14H2. The van der Waals surface area contributed by atoms with Crippen molar-refractivity contribution in [3.63, 3.8) is 0 Å². The number of pyridine rings is 1. The summed E-state index contributed by atoms with van der Waals surface area (Å²) in [5.41, 5.74) is -1.32. The van der Waals surface area contributed by atoms with Crippen molar-refractivity contribution in [3.05, 3.63) is 65.7 Å². The molecule has 0 spiro atoms. The molecule has 1 aliphatic carbocycles. The number of benzene rings is 1. The molecule has 0 N–H and O–H groups in total. The van der Waals surface area contributed by atoms with E-state index in [2.05, 4.69) is 21.3 Å². The molecule has 0 unspecified atom stereocenters. The lowest BCUT2D eigenvalue weighted by molar-refractivity contribution is -0.138. The average Bonchev–Trinajstić information content (AvgIpc) is 3.49. The molecule has 1 aliphatic heterocycles. The lowest BCUT2D eigenvalue weighted by atomic mass is 9.84. The number of rotatable bonds is 7. The van der Waals surface area contributed by atoms with Gasteiger partial charge in [-0.05, 0) is 49.9 Å². The smallest absolute Gasteiger partial charge is 0.338 e. The lowest BCUT2D eigenvalue weighted by Crippen LogP contribution is -2.48. The molecule has 1 aromatic carbocycles. The molecule has 4 aromatic rings. The van der Waals surface area contributed by atoms with Crippen molar-refractivity contribution < 1.29 is 27.2 Å². The second kappa shape index (κ2) is 10.2. The summed E-state index contributed by atoms with van der Waals surface area (Å²) in [5.74, 6) is -1.98. The summed E-state index contributed by atoms with van der Waals surface area (Å²) in [7, 11) is 0. The number of piperidine rings is 1. The van der Waals surface area contributed by atoms with E-state index >= 15 is 0 Å². The van der Waals surface area contributed by atoms with Crippen LogP contribution in [0.15, 0.2) is 48.8 Å². The third kappa shape index (κ3) is 4.74. The number of hydrogen-bond donors (Lipinski definition) is 0. The highest BCUT2D eigenvalue weighted by molar-refractivity contribution is 5.96. The summed E-state index contributed by atoms with van der Waals surface area (Å²) in [4.78, 5) is 31.9. The first-order valence-corrected chi connectivity index (χ1v) is 13.3. The molecule has 4 heterocycles. The van der Waals surface area contributed by atoms with E-state index in [0.717, 1.165) is 31.4 Å². The molecule has 216 valence electrons. The van der Waals surface area contributed by atoms with Crippen molar-refractivity contribution in [2.45, 2.75) is 49.9 Å². The van der Waals surface area contributed by atoms with E-state index in [0.29, 0.717) is 28.9 Å². The Hall–Kier alpha value is -4.80. The summed E-state index contributed by atoms with van der Waals surface area (Å²) in [6.45, 7) is 0.0120. The minimum Gasteiger partial charge on any atom is -0.338 e. The SMILES string of the molecule is N#CCC1(n2cc(-c3cccc4nc(N(C=O)C5CC5)nn34)cn2)CCN(C(=O)c2c(F)cccc2C(F)(F)F)CC1. The second-order valence-electron chi connectivity index (χ2n) is 10.5. The Kier molecular flexibility index (Phi) is 6.67. The van der Waals surface area contributed by atoms with Gasteiger partial charge in [0.1, 0.15) is 5.82 Å². The van der Waals surface area contributed by atoms with Gasteiger partial charge < -0.3 is 4.90 Å². The van der Waals surface area contributed by atoms with Crippen LogP contribution in [0.4, 0.5) is 23.5 Å². The maximum atomic E-state index is 14.5. The molecule has 10 nitrogen and oxygen atoms in total. The first-order chi connectivity index (χ1) is 20.1. The minimum atomic E-state index is -4.89. The molecular formula is C28H24F4N8O2. The van der Waals surface area contributed by atoms with Crippen LogP contribution < -0.4 is 4.90 Å². The van der Waals surface area contributed by atoms with Gasteiger partial charge in [-0.2, -0.15) is 28.5 Å². The van der Waals surface area contributed by atoms with Crippen LogP contribution in [0, 0.1) is 17.1 Å². The van der Waals surface area contributed by atoms with Gasteiger partial charge in [-0.1, -0.05) is 12.1 Å². The monoisotopic (exact) mass is 580 g/mol. The fraction of sp³-hybridized carbons (Fsp3) is 0.357. The number of aromatic nitrogens is 5. The number of nitriles is 1. The minimum absolute atomic E-state index is 0.00601. The van der Waals surface area contributed by atoms with E-state index in [-0.39, 0.29) is 38.4 Å². The van der Waals surface area contributed by atoms with Gasteiger partial charge in [0.2, 0.25) is 6.41 Å². The number of carbonyl (C=O) groups excluding carboxylic acids is 2. The predicted octanol–water partition coefficient (Wildman–Crippen LogP) is 4.42. The summed E-state index contributed by atoms with van der Waals surface area (Å²) < 4.78 is 58.3. The molecule has 2 amide bonds. The van der Waals surface area contributed by atoms with Gasteiger partial charge in [-0.3, -0.25) is 19.2 Å². The Bertz CT molecular complexity index is 1710. The fourth-order valence-corrected chi connectivity index (χ4v) is 5.48.